The molecule has 5 nitrogen and oxygen atoms in total. The molecule has 1 aromatic carbocycles. The first-order chi connectivity index (χ1) is 11.6. The van der Waals surface area contributed by atoms with Crippen molar-refractivity contribution in [1.29, 1.82) is 0 Å². The molecule has 1 aromatic rings. The molecule has 0 spiro atoms. The van der Waals surface area contributed by atoms with Gasteiger partial charge < -0.3 is 14.0 Å². The standard InChI is InChI=1S/C18H22Cl2NO4/c1-21(2,3)10-12(6-7-22)25-18(24)14-9-13(14)17(23)11-4-5-15(19)16(20)8-11/h4-5,7-8,12-14H,6,9-10H2,1-3H3/q+1/t12-,13+,14+/m1/s1. The molecule has 1 aliphatic rings. The lowest BCUT2D eigenvalue weighted by Crippen LogP contribution is -2.43. The van der Waals surface area contributed by atoms with Crippen LogP contribution in [0.3, 0.4) is 0 Å². The highest BCUT2D eigenvalue weighted by Crippen LogP contribution is 2.42. The number of carbonyl (C=O) groups excluding carboxylic acids is 3. The Morgan fingerprint density at radius 1 is 1.24 bits per heavy atom. The zero-order valence-corrected chi connectivity index (χ0v) is 16.0. The van der Waals surface area contributed by atoms with Crippen LogP contribution in [0.4, 0.5) is 0 Å². The van der Waals surface area contributed by atoms with Crippen molar-refractivity contribution >= 4 is 41.2 Å². The van der Waals surface area contributed by atoms with E-state index in [0.717, 1.165) is 6.29 Å². The number of halogens is 2. The molecule has 0 N–H and O–H groups in total. The molecule has 1 aliphatic carbocycles. The molecular weight excluding hydrogens is 365 g/mol. The van der Waals surface area contributed by atoms with E-state index in [2.05, 4.69) is 0 Å². The van der Waals surface area contributed by atoms with E-state index in [9.17, 15) is 14.4 Å². The first kappa shape index (κ1) is 19.9. The molecule has 0 amide bonds. The average Bonchev–Trinajstić information content (AvgIpc) is 3.28. The number of Topliss-reactive ketones (excluding diaryl/α,β-unsaturated/α-hetero) is 1. The molecule has 25 heavy (non-hydrogen) atoms. The van der Waals surface area contributed by atoms with Crippen LogP contribution in [-0.2, 0) is 14.3 Å². The third kappa shape index (κ3) is 5.53. The summed E-state index contributed by atoms with van der Waals surface area (Å²) in [6.07, 6.45) is 0.875. The molecule has 2 rings (SSSR count). The van der Waals surface area contributed by atoms with Crippen LogP contribution < -0.4 is 0 Å². The summed E-state index contributed by atoms with van der Waals surface area (Å²) < 4.78 is 6.04. The molecule has 0 unspecified atom stereocenters. The van der Waals surface area contributed by atoms with Gasteiger partial charge in [0.2, 0.25) is 0 Å². The number of hydrogen-bond donors (Lipinski definition) is 0. The fourth-order valence-corrected chi connectivity index (χ4v) is 3.04. The number of quaternary nitrogens is 1. The van der Waals surface area contributed by atoms with E-state index in [0.29, 0.717) is 33.1 Å². The first-order valence-electron chi connectivity index (χ1n) is 8.06. The number of esters is 1. The SMILES string of the molecule is C[N+](C)(C)C[C@@H](CC=O)OC(=O)[C@H]1C[C@@H]1C(=O)c1ccc(Cl)c(Cl)c1. The fraction of sp³-hybridized carbons (Fsp3) is 0.500. The molecule has 1 fully saturated rings. The van der Waals surface area contributed by atoms with Gasteiger partial charge >= 0.3 is 5.97 Å². The molecule has 1 saturated carbocycles. The topological polar surface area (TPSA) is 60.4 Å². The lowest BCUT2D eigenvalue weighted by molar-refractivity contribution is -0.873. The minimum absolute atomic E-state index is 0.140. The average molecular weight is 387 g/mol. The van der Waals surface area contributed by atoms with Gasteiger partial charge in [-0.3, -0.25) is 9.59 Å². The predicted molar refractivity (Wildman–Crippen MR) is 95.8 cm³/mol. The van der Waals surface area contributed by atoms with Gasteiger partial charge in [0.1, 0.15) is 12.8 Å². The number of hydrogen-bond acceptors (Lipinski definition) is 4. The monoisotopic (exact) mass is 386 g/mol. The summed E-state index contributed by atoms with van der Waals surface area (Å²) in [7, 11) is 5.87. The highest BCUT2D eigenvalue weighted by atomic mass is 35.5. The minimum Gasteiger partial charge on any atom is -0.456 e. The second-order valence-corrected chi connectivity index (χ2v) is 8.19. The van der Waals surface area contributed by atoms with Crippen LogP contribution in [0.1, 0.15) is 23.2 Å². The molecule has 0 bridgehead atoms. The summed E-state index contributed by atoms with van der Waals surface area (Å²) in [6.45, 7) is 0.530. The van der Waals surface area contributed by atoms with Crippen LogP contribution in [0.5, 0.6) is 0 Å². The second-order valence-electron chi connectivity index (χ2n) is 7.38. The number of likely N-dealkylation sites (N-methyl/N-ethyl adjacent to an activating group) is 1. The van der Waals surface area contributed by atoms with Crippen molar-refractivity contribution in [3.05, 3.63) is 33.8 Å². The minimum atomic E-state index is -0.480. The van der Waals surface area contributed by atoms with Crippen LogP contribution >= 0.6 is 23.2 Å². The molecule has 0 aliphatic heterocycles. The van der Waals surface area contributed by atoms with Crippen molar-refractivity contribution in [3.63, 3.8) is 0 Å². The van der Waals surface area contributed by atoms with E-state index in [1.807, 2.05) is 21.1 Å². The predicted octanol–water partition coefficient (Wildman–Crippen LogP) is 3.02. The van der Waals surface area contributed by atoms with Crippen molar-refractivity contribution in [1.82, 2.24) is 0 Å². The molecule has 0 saturated heterocycles. The van der Waals surface area contributed by atoms with Crippen molar-refractivity contribution in [2.24, 2.45) is 11.8 Å². The van der Waals surface area contributed by atoms with Crippen LogP contribution in [0.15, 0.2) is 18.2 Å². The number of ketones is 1. The highest BCUT2D eigenvalue weighted by Gasteiger charge is 2.49. The van der Waals surface area contributed by atoms with Crippen LogP contribution in [0.25, 0.3) is 0 Å². The maximum Gasteiger partial charge on any atom is 0.310 e. The molecule has 0 aromatic heterocycles. The normalized spacial score (nSPS) is 20.7. The van der Waals surface area contributed by atoms with Gasteiger partial charge in [-0.2, -0.15) is 0 Å². The summed E-state index contributed by atoms with van der Waals surface area (Å²) in [5.41, 5.74) is 0.436. The van der Waals surface area contributed by atoms with E-state index in [4.69, 9.17) is 27.9 Å². The van der Waals surface area contributed by atoms with Crippen molar-refractivity contribution in [3.8, 4) is 0 Å². The maximum absolute atomic E-state index is 12.5. The van der Waals surface area contributed by atoms with E-state index in [1.165, 1.54) is 6.07 Å². The van der Waals surface area contributed by atoms with Gasteiger partial charge in [-0.25, -0.2) is 0 Å². The van der Waals surface area contributed by atoms with Crippen LogP contribution in [0.2, 0.25) is 10.0 Å². The Kier molecular flexibility index (Phi) is 6.25. The summed E-state index contributed by atoms with van der Waals surface area (Å²) in [6, 6.07) is 4.68. The zero-order chi connectivity index (χ0) is 18.8. The number of rotatable bonds is 8. The number of benzene rings is 1. The molecule has 3 atom stereocenters. The quantitative estimate of drug-likeness (QED) is 0.298. The van der Waals surface area contributed by atoms with Gasteiger partial charge in [-0.15, -0.1) is 0 Å². The molecule has 0 radical (unpaired) electrons. The second kappa shape index (κ2) is 7.85. The maximum atomic E-state index is 12.5. The Hall–Kier alpha value is -1.43. The molecule has 0 heterocycles. The lowest BCUT2D eigenvalue weighted by atomic mass is 10.1. The largest absolute Gasteiger partial charge is 0.456 e. The Balaban J connectivity index is 1.97. The first-order valence-corrected chi connectivity index (χ1v) is 8.82. The fourth-order valence-electron chi connectivity index (χ4n) is 2.74. The van der Waals surface area contributed by atoms with E-state index < -0.39 is 23.9 Å². The van der Waals surface area contributed by atoms with E-state index in [1.54, 1.807) is 12.1 Å². The smallest absolute Gasteiger partial charge is 0.310 e. The van der Waals surface area contributed by atoms with Crippen molar-refractivity contribution in [2.75, 3.05) is 27.7 Å². The van der Waals surface area contributed by atoms with Gasteiger partial charge in [0.15, 0.2) is 11.9 Å². The molecule has 136 valence electrons. The van der Waals surface area contributed by atoms with Crippen LogP contribution in [0, 0.1) is 11.8 Å². The summed E-state index contributed by atoms with van der Waals surface area (Å²) in [4.78, 5) is 35.6. The van der Waals surface area contributed by atoms with Crippen LogP contribution in [-0.4, -0.2) is 56.3 Å². The van der Waals surface area contributed by atoms with E-state index in [-0.39, 0.29) is 12.2 Å². The number of carbonyl (C=O) groups is 3. The zero-order valence-electron chi connectivity index (χ0n) is 14.5. The van der Waals surface area contributed by atoms with Crippen molar-refractivity contribution in [2.45, 2.75) is 18.9 Å². The third-order valence-corrected chi connectivity index (χ3v) is 4.77. The number of aldehydes is 1. The Labute approximate surface area is 157 Å². The van der Waals surface area contributed by atoms with Gasteiger partial charge in [0, 0.05) is 17.9 Å². The Bertz CT molecular complexity index is 684. The van der Waals surface area contributed by atoms with Crippen molar-refractivity contribution < 1.29 is 23.6 Å². The number of ether oxygens (including phenoxy) is 1. The third-order valence-electron chi connectivity index (χ3n) is 4.03. The lowest BCUT2D eigenvalue weighted by Gasteiger charge is -2.28. The Morgan fingerprint density at radius 3 is 2.48 bits per heavy atom. The van der Waals surface area contributed by atoms with Gasteiger partial charge in [0.05, 0.1) is 37.1 Å². The Morgan fingerprint density at radius 2 is 1.92 bits per heavy atom. The molecular formula is C18H22Cl2NO4+. The number of nitrogens with zero attached hydrogens (tertiary/aromatic N) is 1. The highest BCUT2D eigenvalue weighted by molar-refractivity contribution is 6.42. The summed E-state index contributed by atoms with van der Waals surface area (Å²) in [5.74, 6) is -1.41. The van der Waals surface area contributed by atoms with E-state index >= 15 is 0 Å². The van der Waals surface area contributed by atoms with Gasteiger partial charge in [0.25, 0.3) is 0 Å². The summed E-state index contributed by atoms with van der Waals surface area (Å²) in [5, 5.41) is 0.684. The molecule has 7 heteroatoms. The summed E-state index contributed by atoms with van der Waals surface area (Å²) >= 11 is 11.8. The van der Waals surface area contributed by atoms with Gasteiger partial charge in [-0.05, 0) is 24.6 Å². The van der Waals surface area contributed by atoms with Gasteiger partial charge in [-0.1, -0.05) is 23.2 Å².